The Balaban J connectivity index is 2.12. The summed E-state index contributed by atoms with van der Waals surface area (Å²) in [5, 5.41) is 11.6. The molecule has 0 bridgehead atoms. The summed E-state index contributed by atoms with van der Waals surface area (Å²) < 4.78 is 5.56. The van der Waals surface area contributed by atoms with Gasteiger partial charge in [-0.05, 0) is 37.0 Å². The number of aryl methyl sites for hydroxylation is 1. The molecule has 1 aromatic rings. The van der Waals surface area contributed by atoms with Crippen LogP contribution < -0.4 is 10.1 Å². The summed E-state index contributed by atoms with van der Waals surface area (Å²) in [5.41, 5.74) is 1.16. The molecule has 19 heavy (non-hydrogen) atoms. The van der Waals surface area contributed by atoms with E-state index in [-0.39, 0.29) is 18.4 Å². The number of hydrogen-bond acceptors (Lipinski definition) is 3. The number of hydrogen-bond donors (Lipinski definition) is 2. The van der Waals surface area contributed by atoms with E-state index in [0.29, 0.717) is 26.0 Å². The third-order valence-corrected chi connectivity index (χ3v) is 2.77. The average Bonchev–Trinajstić information content (AvgIpc) is 2.41. The quantitative estimate of drug-likeness (QED) is 0.706. The van der Waals surface area contributed by atoms with Gasteiger partial charge in [0.2, 0.25) is 5.91 Å². The van der Waals surface area contributed by atoms with Crippen LogP contribution in [0.2, 0.25) is 0 Å². The van der Waals surface area contributed by atoms with E-state index in [1.54, 1.807) is 0 Å². The molecule has 106 valence electrons. The van der Waals surface area contributed by atoms with Gasteiger partial charge in [0.1, 0.15) is 5.75 Å². The predicted octanol–water partition coefficient (Wildman–Crippen LogP) is 1.90. The Morgan fingerprint density at radius 3 is 2.95 bits per heavy atom. The maximum atomic E-state index is 11.5. The standard InChI is InChI=1S/C15H23NO3/c1-12-5-3-6-14(9-12)19-8-4-7-15(18)16-10-13(2)11-17/h3,5-6,9,13,17H,4,7-8,10-11H2,1-2H3,(H,16,18). The molecule has 4 nitrogen and oxygen atoms in total. The normalized spacial score (nSPS) is 11.9. The van der Waals surface area contributed by atoms with Crippen molar-refractivity contribution in [2.75, 3.05) is 19.8 Å². The van der Waals surface area contributed by atoms with E-state index in [1.165, 1.54) is 0 Å². The van der Waals surface area contributed by atoms with Crippen LogP contribution in [0.15, 0.2) is 24.3 Å². The lowest BCUT2D eigenvalue weighted by molar-refractivity contribution is -0.121. The number of nitrogens with one attached hydrogen (secondary N) is 1. The molecule has 0 fully saturated rings. The molecule has 1 aromatic carbocycles. The second kappa shape index (κ2) is 8.53. The lowest BCUT2D eigenvalue weighted by Gasteiger charge is -2.10. The van der Waals surface area contributed by atoms with Crippen LogP contribution in [-0.4, -0.2) is 30.8 Å². The topological polar surface area (TPSA) is 58.6 Å². The predicted molar refractivity (Wildman–Crippen MR) is 75.2 cm³/mol. The summed E-state index contributed by atoms with van der Waals surface area (Å²) in [5.74, 6) is 0.954. The summed E-state index contributed by atoms with van der Waals surface area (Å²) in [4.78, 5) is 11.5. The van der Waals surface area contributed by atoms with Crippen molar-refractivity contribution in [1.82, 2.24) is 5.32 Å². The Morgan fingerprint density at radius 2 is 2.26 bits per heavy atom. The fraction of sp³-hybridized carbons (Fsp3) is 0.533. The second-order valence-electron chi connectivity index (χ2n) is 4.86. The Bertz CT molecular complexity index is 393. The van der Waals surface area contributed by atoms with E-state index in [4.69, 9.17) is 9.84 Å². The van der Waals surface area contributed by atoms with Crippen LogP contribution in [0.1, 0.15) is 25.3 Å². The van der Waals surface area contributed by atoms with Gasteiger partial charge in [0, 0.05) is 19.6 Å². The molecule has 0 aromatic heterocycles. The van der Waals surface area contributed by atoms with Crippen molar-refractivity contribution < 1.29 is 14.6 Å². The van der Waals surface area contributed by atoms with Gasteiger partial charge in [0.15, 0.2) is 0 Å². The van der Waals surface area contributed by atoms with Gasteiger partial charge in [-0.3, -0.25) is 4.79 Å². The Morgan fingerprint density at radius 1 is 1.47 bits per heavy atom. The minimum absolute atomic E-state index is 0.00754. The smallest absolute Gasteiger partial charge is 0.220 e. The molecule has 1 atom stereocenters. The highest BCUT2D eigenvalue weighted by molar-refractivity contribution is 5.75. The number of amides is 1. The third-order valence-electron chi connectivity index (χ3n) is 2.77. The molecule has 0 saturated carbocycles. The highest BCUT2D eigenvalue weighted by Crippen LogP contribution is 2.12. The lowest BCUT2D eigenvalue weighted by atomic mass is 10.2. The molecule has 1 rings (SSSR count). The monoisotopic (exact) mass is 265 g/mol. The zero-order valence-corrected chi connectivity index (χ0v) is 11.7. The molecule has 0 spiro atoms. The maximum absolute atomic E-state index is 11.5. The number of carbonyl (C=O) groups excluding carboxylic acids is 1. The molecule has 4 heteroatoms. The van der Waals surface area contributed by atoms with E-state index in [1.807, 2.05) is 38.1 Å². The van der Waals surface area contributed by atoms with Crippen molar-refractivity contribution in [2.45, 2.75) is 26.7 Å². The third kappa shape index (κ3) is 6.82. The van der Waals surface area contributed by atoms with Crippen molar-refractivity contribution in [1.29, 1.82) is 0 Å². The van der Waals surface area contributed by atoms with Crippen molar-refractivity contribution >= 4 is 5.91 Å². The van der Waals surface area contributed by atoms with Crippen molar-refractivity contribution in [2.24, 2.45) is 5.92 Å². The molecule has 0 aliphatic rings. The van der Waals surface area contributed by atoms with E-state index in [9.17, 15) is 4.79 Å². The summed E-state index contributed by atoms with van der Waals surface area (Å²) in [6.07, 6.45) is 1.14. The molecule has 1 unspecified atom stereocenters. The molecule has 2 N–H and O–H groups in total. The number of ether oxygens (including phenoxy) is 1. The SMILES string of the molecule is Cc1cccc(OCCCC(=O)NCC(C)CO)c1. The van der Waals surface area contributed by atoms with E-state index in [2.05, 4.69) is 5.32 Å². The van der Waals surface area contributed by atoms with Crippen LogP contribution in [0.3, 0.4) is 0 Å². The van der Waals surface area contributed by atoms with Crippen molar-refractivity contribution in [3.05, 3.63) is 29.8 Å². The fourth-order valence-corrected chi connectivity index (χ4v) is 1.57. The van der Waals surface area contributed by atoms with E-state index >= 15 is 0 Å². The van der Waals surface area contributed by atoms with Gasteiger partial charge < -0.3 is 15.2 Å². The molecular weight excluding hydrogens is 242 g/mol. The number of carbonyl (C=O) groups is 1. The Labute approximate surface area is 114 Å². The minimum Gasteiger partial charge on any atom is -0.494 e. The highest BCUT2D eigenvalue weighted by atomic mass is 16.5. The van der Waals surface area contributed by atoms with Crippen LogP contribution in [-0.2, 0) is 4.79 Å². The molecule has 0 aliphatic carbocycles. The number of benzene rings is 1. The number of aliphatic hydroxyl groups excluding tert-OH is 1. The largest absolute Gasteiger partial charge is 0.494 e. The van der Waals surface area contributed by atoms with Gasteiger partial charge in [-0.15, -0.1) is 0 Å². The number of aliphatic hydroxyl groups is 1. The second-order valence-corrected chi connectivity index (χ2v) is 4.86. The summed E-state index contributed by atoms with van der Waals surface area (Å²) >= 11 is 0. The van der Waals surface area contributed by atoms with Crippen LogP contribution in [0.4, 0.5) is 0 Å². The zero-order chi connectivity index (χ0) is 14.1. The molecular formula is C15H23NO3. The molecule has 0 aliphatic heterocycles. The first kappa shape index (κ1) is 15.5. The van der Waals surface area contributed by atoms with Crippen LogP contribution in [0.5, 0.6) is 5.75 Å². The van der Waals surface area contributed by atoms with Gasteiger partial charge in [-0.25, -0.2) is 0 Å². The van der Waals surface area contributed by atoms with E-state index < -0.39 is 0 Å². The maximum Gasteiger partial charge on any atom is 0.220 e. The number of rotatable bonds is 8. The van der Waals surface area contributed by atoms with Gasteiger partial charge in [0.25, 0.3) is 0 Å². The van der Waals surface area contributed by atoms with Crippen LogP contribution >= 0.6 is 0 Å². The summed E-state index contributed by atoms with van der Waals surface area (Å²) in [6.45, 7) is 5.06. The fourth-order valence-electron chi connectivity index (χ4n) is 1.57. The molecule has 0 saturated heterocycles. The highest BCUT2D eigenvalue weighted by Gasteiger charge is 2.04. The first-order valence-corrected chi connectivity index (χ1v) is 6.69. The lowest BCUT2D eigenvalue weighted by Crippen LogP contribution is -2.29. The summed E-state index contributed by atoms with van der Waals surface area (Å²) in [6, 6.07) is 7.86. The zero-order valence-electron chi connectivity index (χ0n) is 11.7. The van der Waals surface area contributed by atoms with Crippen molar-refractivity contribution in [3.63, 3.8) is 0 Å². The van der Waals surface area contributed by atoms with Crippen LogP contribution in [0.25, 0.3) is 0 Å². The average molecular weight is 265 g/mol. The molecule has 1 amide bonds. The minimum atomic E-state index is 0.00754. The van der Waals surface area contributed by atoms with Gasteiger partial charge in [-0.1, -0.05) is 19.1 Å². The molecule has 0 heterocycles. The van der Waals surface area contributed by atoms with Gasteiger partial charge in [-0.2, -0.15) is 0 Å². The first-order chi connectivity index (χ1) is 9.11. The Hall–Kier alpha value is -1.55. The summed E-state index contributed by atoms with van der Waals surface area (Å²) in [7, 11) is 0. The Kier molecular flexibility index (Phi) is 6.97. The van der Waals surface area contributed by atoms with Gasteiger partial charge in [0.05, 0.1) is 6.61 Å². The van der Waals surface area contributed by atoms with E-state index in [0.717, 1.165) is 11.3 Å². The van der Waals surface area contributed by atoms with Crippen molar-refractivity contribution in [3.8, 4) is 5.75 Å². The first-order valence-electron chi connectivity index (χ1n) is 6.69. The van der Waals surface area contributed by atoms with Gasteiger partial charge >= 0.3 is 0 Å². The molecule has 0 radical (unpaired) electrons. The van der Waals surface area contributed by atoms with Crippen LogP contribution in [0, 0.1) is 12.8 Å².